The van der Waals surface area contributed by atoms with Crippen LogP contribution >= 0.6 is 34.9 Å². The van der Waals surface area contributed by atoms with Gasteiger partial charge in [-0.3, -0.25) is 33.4 Å². The molecule has 20 heteroatoms. The van der Waals surface area contributed by atoms with Crippen molar-refractivity contribution in [3.8, 4) is 0 Å². The van der Waals surface area contributed by atoms with Gasteiger partial charge in [-0.1, -0.05) is 169 Å². The second-order valence-electron chi connectivity index (χ2n) is 16.1. The van der Waals surface area contributed by atoms with Crippen LogP contribution in [0.25, 0.3) is 0 Å². The van der Waals surface area contributed by atoms with Crippen molar-refractivity contribution in [3.05, 3.63) is 234 Å². The smallest absolute Gasteiger partial charge is 0.356 e. The molecule has 0 aliphatic carbocycles. The summed E-state index contributed by atoms with van der Waals surface area (Å²) in [7, 11) is 1.30. The van der Waals surface area contributed by atoms with E-state index in [1.54, 1.807) is 11.5 Å². The number of hydrogen-bond acceptors (Lipinski definition) is 15. The number of thioether (sulfide) groups is 2. The number of fused-ring (bicyclic) bond motifs is 1. The van der Waals surface area contributed by atoms with Crippen molar-refractivity contribution in [2.24, 2.45) is 10.9 Å². The Morgan fingerprint density at radius 2 is 1.42 bits per heavy atom. The van der Waals surface area contributed by atoms with Crippen molar-refractivity contribution in [2.45, 2.75) is 34.8 Å². The average molecular weight is 1020 g/mol. The quantitative estimate of drug-likeness (QED) is 0.0149. The van der Waals surface area contributed by atoms with E-state index in [0.29, 0.717) is 21.8 Å². The molecule has 5 N–H and O–H groups in total. The summed E-state index contributed by atoms with van der Waals surface area (Å²) >= 11 is 3.41. The maximum atomic E-state index is 14.7. The number of thiazole rings is 1. The molecule has 2 aliphatic rings. The number of hydrogen-bond donors (Lipinski definition) is 4. The lowest BCUT2D eigenvalue weighted by Crippen LogP contribution is -2.71. The lowest BCUT2D eigenvalue weighted by molar-refractivity contribution is -0.154. The highest BCUT2D eigenvalue weighted by atomic mass is 32.2. The molecule has 1 fully saturated rings. The molecule has 5 aromatic carbocycles. The SMILES string of the molecule is CON=C(C(=O)NC1C(=O)N2C(C(=O)OC(c3ccccc3)c3ccccc3)=C(C=CSc3n[nH]c(=O)c(=O)n3CC(N)=O)CSC12)c1csc(NC(c2ccccc2)(c2ccccc2)c2ccccc2)n1. The lowest BCUT2D eigenvalue weighted by Gasteiger charge is -2.49. The van der Waals surface area contributed by atoms with E-state index in [0.717, 1.165) is 33.0 Å². The number of H-pyrrole nitrogens is 1. The van der Waals surface area contributed by atoms with Crippen molar-refractivity contribution in [1.29, 1.82) is 0 Å². The van der Waals surface area contributed by atoms with Gasteiger partial charge in [-0.25, -0.2) is 14.9 Å². The number of carbonyl (C=O) groups is 4. The molecule has 72 heavy (non-hydrogen) atoms. The standard InChI is InChI=1S/C52H43N9O8S3/c1-68-59-40(38-31-72-50(54-38)56-52(35-21-11-4-12-22-35,36-23-13-5-14-24-36)37-25-15-6-16-26-37)44(63)55-41-46(65)61-42(49(67)69-43(32-17-7-2-8-18-32)33-19-9-3-10-20-33)34(30-71-48(41)61)27-28-70-51-58-57-45(64)47(66)60(51)29-39(53)62/h2-28,31,41,43,48H,29-30H2,1H3,(H2,53,62)(H,54,56)(H,55,63)(H,57,64). The number of amides is 3. The minimum Gasteiger partial charge on any atom is -0.448 e. The van der Waals surface area contributed by atoms with E-state index >= 15 is 0 Å². The number of allylic oxidation sites excluding steroid dienone is 1. The van der Waals surface area contributed by atoms with Crippen LogP contribution in [0, 0.1) is 0 Å². The van der Waals surface area contributed by atoms with Crippen LogP contribution in [0.15, 0.2) is 200 Å². The number of nitrogens with zero attached hydrogens (tertiary/aromatic N) is 5. The van der Waals surface area contributed by atoms with Crippen LogP contribution in [0.3, 0.4) is 0 Å². The zero-order chi connectivity index (χ0) is 50.2. The number of esters is 1. The molecule has 2 atom stereocenters. The molecule has 7 aromatic rings. The predicted octanol–water partition coefficient (Wildman–Crippen LogP) is 5.92. The van der Waals surface area contributed by atoms with E-state index in [-0.39, 0.29) is 28.0 Å². The van der Waals surface area contributed by atoms with Gasteiger partial charge in [0.15, 0.2) is 22.1 Å². The van der Waals surface area contributed by atoms with Crippen LogP contribution in [-0.4, -0.2) is 78.3 Å². The third-order valence-electron chi connectivity index (χ3n) is 11.6. The van der Waals surface area contributed by atoms with Crippen LogP contribution < -0.4 is 27.5 Å². The summed E-state index contributed by atoms with van der Waals surface area (Å²) in [5.74, 6) is -2.89. The second-order valence-corrected chi connectivity index (χ2v) is 18.9. The largest absolute Gasteiger partial charge is 0.448 e. The summed E-state index contributed by atoms with van der Waals surface area (Å²) in [5, 5.41) is 19.4. The third kappa shape index (κ3) is 10.00. The number of ether oxygens (including phenoxy) is 1. The van der Waals surface area contributed by atoms with E-state index in [2.05, 4.69) is 26.0 Å². The maximum absolute atomic E-state index is 14.7. The minimum absolute atomic E-state index is 0.0591. The van der Waals surface area contributed by atoms with Gasteiger partial charge in [-0.05, 0) is 44.9 Å². The highest BCUT2D eigenvalue weighted by molar-refractivity contribution is 8.02. The molecule has 4 heterocycles. The van der Waals surface area contributed by atoms with Gasteiger partial charge in [-0.2, -0.15) is 0 Å². The molecule has 2 aromatic heterocycles. The summed E-state index contributed by atoms with van der Waals surface area (Å²) in [6, 6.07) is 47.1. The van der Waals surface area contributed by atoms with Gasteiger partial charge in [0.25, 0.3) is 11.8 Å². The van der Waals surface area contributed by atoms with Crippen molar-refractivity contribution in [2.75, 3.05) is 18.2 Å². The number of anilines is 1. The first kappa shape index (κ1) is 48.7. The van der Waals surface area contributed by atoms with Crippen molar-refractivity contribution < 1.29 is 28.8 Å². The number of aromatic nitrogens is 4. The Labute approximate surface area is 423 Å². The number of aromatic amines is 1. The predicted molar refractivity (Wildman–Crippen MR) is 275 cm³/mol. The Balaban J connectivity index is 1.00. The average Bonchev–Trinajstić information content (AvgIpc) is 3.88. The van der Waals surface area contributed by atoms with Gasteiger partial charge in [0.05, 0.1) is 0 Å². The molecule has 3 amide bonds. The van der Waals surface area contributed by atoms with Crippen LogP contribution in [0.1, 0.15) is 39.6 Å². The number of oxime groups is 1. The molecular formula is C52H43N9O8S3. The highest BCUT2D eigenvalue weighted by Gasteiger charge is 2.55. The summed E-state index contributed by atoms with van der Waals surface area (Å²) in [5.41, 5.74) is 6.85. The number of rotatable bonds is 18. The van der Waals surface area contributed by atoms with Gasteiger partial charge < -0.3 is 25.9 Å². The number of benzene rings is 5. The summed E-state index contributed by atoms with van der Waals surface area (Å²) in [6.07, 6.45) is 0.679. The molecule has 17 nitrogen and oxygen atoms in total. The zero-order valence-corrected chi connectivity index (χ0v) is 40.6. The first-order valence-electron chi connectivity index (χ1n) is 22.2. The van der Waals surface area contributed by atoms with E-state index in [4.69, 9.17) is 20.3 Å². The molecule has 2 aliphatic heterocycles. The normalized spacial score (nSPS) is 15.7. The number of nitrogens with one attached hydrogen (secondary N) is 3. The molecule has 0 radical (unpaired) electrons. The first-order valence-corrected chi connectivity index (χ1v) is 25.0. The molecule has 0 saturated carbocycles. The maximum Gasteiger partial charge on any atom is 0.356 e. The topological polar surface area (TPSA) is 233 Å². The Morgan fingerprint density at radius 3 is 1.96 bits per heavy atom. The molecule has 0 bridgehead atoms. The fraction of sp³-hybridized carbons (Fsp3) is 0.135. The molecule has 2 unspecified atom stereocenters. The van der Waals surface area contributed by atoms with Crippen LogP contribution in [0.2, 0.25) is 0 Å². The van der Waals surface area contributed by atoms with Gasteiger partial charge >= 0.3 is 17.1 Å². The minimum atomic E-state index is -1.11. The second kappa shape index (κ2) is 21.8. The first-order chi connectivity index (χ1) is 35.1. The Morgan fingerprint density at radius 1 is 0.861 bits per heavy atom. The summed E-state index contributed by atoms with van der Waals surface area (Å²) in [6.45, 7) is -0.603. The highest BCUT2D eigenvalue weighted by Crippen LogP contribution is 2.43. The monoisotopic (exact) mass is 1020 g/mol. The fourth-order valence-corrected chi connectivity index (χ4v) is 11.2. The Kier molecular flexibility index (Phi) is 14.7. The van der Waals surface area contributed by atoms with Gasteiger partial charge in [0.1, 0.15) is 42.0 Å². The molecule has 1 saturated heterocycles. The molecular weight excluding hydrogens is 975 g/mol. The van der Waals surface area contributed by atoms with Gasteiger partial charge in [-0.15, -0.1) is 28.2 Å². The summed E-state index contributed by atoms with van der Waals surface area (Å²) in [4.78, 5) is 91.2. The van der Waals surface area contributed by atoms with Crippen molar-refractivity contribution in [3.63, 3.8) is 0 Å². The van der Waals surface area contributed by atoms with Gasteiger partial charge in [0.2, 0.25) is 5.91 Å². The molecule has 362 valence electrons. The summed E-state index contributed by atoms with van der Waals surface area (Å²) < 4.78 is 7.12. The third-order valence-corrected chi connectivity index (χ3v) is 14.5. The van der Waals surface area contributed by atoms with E-state index in [9.17, 15) is 28.8 Å². The molecule has 0 spiro atoms. The lowest BCUT2D eigenvalue weighted by atomic mass is 9.77. The molecule has 9 rings (SSSR count). The van der Waals surface area contributed by atoms with Crippen LogP contribution in [0.5, 0.6) is 0 Å². The fourth-order valence-electron chi connectivity index (χ4n) is 8.37. The van der Waals surface area contributed by atoms with E-state index in [1.807, 2.05) is 152 Å². The van der Waals surface area contributed by atoms with E-state index < -0.39 is 64.4 Å². The zero-order valence-electron chi connectivity index (χ0n) is 38.1. The number of nitrogens with two attached hydrogens (primary N) is 1. The van der Waals surface area contributed by atoms with Crippen molar-refractivity contribution >= 4 is 69.4 Å². The van der Waals surface area contributed by atoms with Crippen LogP contribution in [-0.2, 0) is 40.8 Å². The van der Waals surface area contributed by atoms with Crippen LogP contribution in [0.4, 0.5) is 5.13 Å². The Bertz CT molecular complexity index is 3200. The van der Waals surface area contributed by atoms with E-state index in [1.165, 1.54) is 40.5 Å². The number of carbonyl (C=O) groups excluding carboxylic acids is 4. The Hall–Kier alpha value is -8.33. The number of primary amides is 1. The number of β-lactam (4-membered cyclic amide) rings is 1. The van der Waals surface area contributed by atoms with Gasteiger partial charge in [0, 0.05) is 11.1 Å². The van der Waals surface area contributed by atoms with Crippen molar-refractivity contribution in [1.82, 2.24) is 30.0 Å².